The second-order valence-electron chi connectivity index (χ2n) is 8.57. The molecule has 0 aliphatic carbocycles. The molecule has 9 nitrogen and oxygen atoms in total. The number of imidazole rings is 1. The molecule has 0 saturated heterocycles. The second kappa shape index (κ2) is 9.69. The van der Waals surface area contributed by atoms with E-state index >= 15 is 0 Å². The Kier molecular flexibility index (Phi) is 6.27. The molecule has 37 heavy (non-hydrogen) atoms. The molecule has 0 radical (unpaired) electrons. The third-order valence-electron chi connectivity index (χ3n) is 6.38. The number of carbonyl (C=O) groups is 3. The fraction of sp³-hybridized carbons (Fsp3) is 0.179. The summed E-state index contributed by atoms with van der Waals surface area (Å²) < 4.78 is 13.4. The SMILES string of the molecule is COC(=O)Cn1cc(C(=O)c2ccc(Cn3c(C)nc4cnccc43)cc2)c2c(C(=O)OC)cccc21. The molecule has 2 aromatic carbocycles. The number of nitrogens with zero attached hydrogens (tertiary/aromatic N) is 4. The van der Waals surface area contributed by atoms with Crippen LogP contribution in [0.2, 0.25) is 0 Å². The minimum atomic E-state index is -0.566. The van der Waals surface area contributed by atoms with Crippen molar-refractivity contribution < 1.29 is 23.9 Å². The Hall–Kier alpha value is -4.79. The Balaban J connectivity index is 1.51. The Labute approximate surface area is 212 Å². The van der Waals surface area contributed by atoms with Crippen LogP contribution < -0.4 is 0 Å². The molecule has 0 spiro atoms. The van der Waals surface area contributed by atoms with Crippen LogP contribution in [0.25, 0.3) is 21.9 Å². The van der Waals surface area contributed by atoms with Gasteiger partial charge in [-0.1, -0.05) is 30.3 Å². The number of pyridine rings is 1. The van der Waals surface area contributed by atoms with E-state index in [1.165, 1.54) is 14.2 Å². The van der Waals surface area contributed by atoms with E-state index in [0.717, 1.165) is 22.4 Å². The van der Waals surface area contributed by atoms with Crippen molar-refractivity contribution in [3.63, 3.8) is 0 Å². The van der Waals surface area contributed by atoms with Gasteiger partial charge < -0.3 is 18.6 Å². The normalized spacial score (nSPS) is 11.1. The van der Waals surface area contributed by atoms with Gasteiger partial charge in [0.1, 0.15) is 17.9 Å². The van der Waals surface area contributed by atoms with Crippen LogP contribution in [0.3, 0.4) is 0 Å². The summed E-state index contributed by atoms with van der Waals surface area (Å²) in [6, 6.07) is 14.3. The number of esters is 2. The lowest BCUT2D eigenvalue weighted by Crippen LogP contribution is -2.10. The first-order valence-electron chi connectivity index (χ1n) is 11.6. The van der Waals surface area contributed by atoms with Gasteiger partial charge >= 0.3 is 11.9 Å². The molecular weight excluding hydrogens is 472 g/mol. The number of aromatic nitrogens is 4. The average molecular weight is 497 g/mol. The maximum Gasteiger partial charge on any atom is 0.338 e. The molecule has 0 atom stereocenters. The van der Waals surface area contributed by atoms with Crippen molar-refractivity contribution in [2.45, 2.75) is 20.0 Å². The van der Waals surface area contributed by atoms with Crippen LogP contribution in [0.4, 0.5) is 0 Å². The molecule has 0 aliphatic rings. The van der Waals surface area contributed by atoms with Crippen LogP contribution >= 0.6 is 0 Å². The summed E-state index contributed by atoms with van der Waals surface area (Å²) in [7, 11) is 2.58. The average Bonchev–Trinajstić information content (AvgIpc) is 3.45. The van der Waals surface area contributed by atoms with Crippen molar-refractivity contribution in [2.24, 2.45) is 0 Å². The number of hydrogen-bond acceptors (Lipinski definition) is 7. The van der Waals surface area contributed by atoms with Gasteiger partial charge in [0.2, 0.25) is 0 Å². The highest BCUT2D eigenvalue weighted by molar-refractivity contribution is 6.20. The minimum absolute atomic E-state index is 0.0996. The van der Waals surface area contributed by atoms with Gasteiger partial charge in [0.15, 0.2) is 5.78 Å². The Morgan fingerprint density at radius 3 is 2.43 bits per heavy atom. The molecule has 186 valence electrons. The van der Waals surface area contributed by atoms with E-state index in [1.54, 1.807) is 53.5 Å². The van der Waals surface area contributed by atoms with Gasteiger partial charge in [0, 0.05) is 35.5 Å². The molecule has 3 heterocycles. The number of fused-ring (bicyclic) bond motifs is 2. The molecule has 0 fully saturated rings. The number of benzene rings is 2. The van der Waals surface area contributed by atoms with Gasteiger partial charge in [-0.2, -0.15) is 0 Å². The zero-order chi connectivity index (χ0) is 26.1. The van der Waals surface area contributed by atoms with Crippen LogP contribution in [0.1, 0.15) is 37.7 Å². The van der Waals surface area contributed by atoms with E-state index in [4.69, 9.17) is 9.47 Å². The number of ether oxygens (including phenoxy) is 2. The molecule has 0 bridgehead atoms. The Morgan fingerprint density at radius 1 is 0.919 bits per heavy atom. The Morgan fingerprint density at radius 2 is 1.70 bits per heavy atom. The standard InChI is InChI=1S/C28H24N4O5/c1-17-30-22-13-29-12-11-23(22)32(17)14-18-7-9-19(10-8-18)27(34)21-15-31(16-25(33)36-2)24-6-4-5-20(26(21)24)28(35)37-3/h4-13,15H,14,16H2,1-3H3. The molecule has 0 saturated carbocycles. The summed E-state index contributed by atoms with van der Waals surface area (Å²) in [5.41, 5.74) is 4.39. The maximum atomic E-state index is 13.6. The van der Waals surface area contributed by atoms with Gasteiger partial charge in [-0.3, -0.25) is 14.6 Å². The van der Waals surface area contributed by atoms with Crippen molar-refractivity contribution >= 4 is 39.7 Å². The van der Waals surface area contributed by atoms with Crippen molar-refractivity contribution in [3.8, 4) is 0 Å². The molecule has 9 heteroatoms. The molecule has 5 rings (SSSR count). The molecule has 0 amide bonds. The fourth-order valence-corrected chi connectivity index (χ4v) is 4.54. The van der Waals surface area contributed by atoms with Crippen molar-refractivity contribution in [1.29, 1.82) is 0 Å². The predicted octanol–water partition coefficient (Wildman–Crippen LogP) is 3.93. The number of methoxy groups -OCH3 is 2. The Bertz CT molecular complexity index is 1660. The molecule has 0 N–H and O–H groups in total. The van der Waals surface area contributed by atoms with Crippen LogP contribution in [-0.2, 0) is 27.4 Å². The van der Waals surface area contributed by atoms with Crippen LogP contribution in [0, 0.1) is 6.92 Å². The highest BCUT2D eigenvalue weighted by Gasteiger charge is 2.23. The van der Waals surface area contributed by atoms with E-state index < -0.39 is 11.9 Å². The van der Waals surface area contributed by atoms with Gasteiger partial charge in [-0.05, 0) is 30.7 Å². The summed E-state index contributed by atoms with van der Waals surface area (Å²) in [6.07, 6.45) is 5.06. The van der Waals surface area contributed by atoms with Gasteiger partial charge in [-0.15, -0.1) is 0 Å². The minimum Gasteiger partial charge on any atom is -0.468 e. The highest BCUT2D eigenvalue weighted by atomic mass is 16.5. The summed E-state index contributed by atoms with van der Waals surface area (Å²) in [6.45, 7) is 2.43. The smallest absolute Gasteiger partial charge is 0.338 e. The molecule has 0 aliphatic heterocycles. The van der Waals surface area contributed by atoms with Crippen molar-refractivity contribution in [1.82, 2.24) is 19.1 Å². The van der Waals surface area contributed by atoms with E-state index in [-0.39, 0.29) is 17.9 Å². The number of carbonyl (C=O) groups excluding carboxylic acids is 3. The van der Waals surface area contributed by atoms with Crippen LogP contribution in [-0.4, -0.2) is 51.0 Å². The number of hydrogen-bond donors (Lipinski definition) is 0. The van der Waals surface area contributed by atoms with Crippen LogP contribution in [0.15, 0.2) is 67.1 Å². The lowest BCUT2D eigenvalue weighted by Gasteiger charge is -2.08. The van der Waals surface area contributed by atoms with Crippen molar-refractivity contribution in [3.05, 3.63) is 95.2 Å². The number of aryl methyl sites for hydroxylation is 1. The van der Waals surface area contributed by atoms with E-state index in [0.29, 0.717) is 28.6 Å². The first-order chi connectivity index (χ1) is 17.9. The van der Waals surface area contributed by atoms with Gasteiger partial charge in [-0.25, -0.2) is 9.78 Å². The predicted molar refractivity (Wildman–Crippen MR) is 137 cm³/mol. The largest absolute Gasteiger partial charge is 0.468 e. The zero-order valence-corrected chi connectivity index (χ0v) is 20.6. The first-order valence-corrected chi connectivity index (χ1v) is 11.6. The highest BCUT2D eigenvalue weighted by Crippen LogP contribution is 2.28. The summed E-state index contributed by atoms with van der Waals surface area (Å²) in [5, 5.41) is 0.432. The van der Waals surface area contributed by atoms with Crippen molar-refractivity contribution in [2.75, 3.05) is 14.2 Å². The fourth-order valence-electron chi connectivity index (χ4n) is 4.54. The lowest BCUT2D eigenvalue weighted by molar-refractivity contribution is -0.141. The van der Waals surface area contributed by atoms with Gasteiger partial charge in [0.05, 0.1) is 37.0 Å². The van der Waals surface area contributed by atoms with Gasteiger partial charge in [0.25, 0.3) is 0 Å². The quantitative estimate of drug-likeness (QED) is 0.248. The number of rotatable bonds is 7. The summed E-state index contributed by atoms with van der Waals surface area (Å²) in [4.78, 5) is 46.8. The topological polar surface area (TPSA) is 105 Å². The van der Waals surface area contributed by atoms with E-state index in [9.17, 15) is 14.4 Å². The summed E-state index contributed by atoms with van der Waals surface area (Å²) in [5.74, 6) is -0.436. The molecule has 5 aromatic rings. The summed E-state index contributed by atoms with van der Waals surface area (Å²) >= 11 is 0. The third kappa shape index (κ3) is 4.35. The number of ketones is 1. The third-order valence-corrected chi connectivity index (χ3v) is 6.38. The maximum absolute atomic E-state index is 13.6. The molecule has 3 aromatic heterocycles. The molecule has 0 unspecified atom stereocenters. The van der Waals surface area contributed by atoms with E-state index in [1.807, 2.05) is 25.1 Å². The lowest BCUT2D eigenvalue weighted by atomic mass is 9.98. The molecular formula is C28H24N4O5. The first kappa shape index (κ1) is 23.9. The second-order valence-corrected chi connectivity index (χ2v) is 8.57. The van der Waals surface area contributed by atoms with Crippen LogP contribution in [0.5, 0.6) is 0 Å². The monoisotopic (exact) mass is 496 g/mol. The van der Waals surface area contributed by atoms with E-state index in [2.05, 4.69) is 14.5 Å². The zero-order valence-electron chi connectivity index (χ0n) is 20.6.